The predicted molar refractivity (Wildman–Crippen MR) is 218 cm³/mol. The highest BCUT2D eigenvalue weighted by molar-refractivity contribution is 9.10. The maximum Gasteiger partial charge on any atom is 0.255 e. The van der Waals surface area contributed by atoms with Gasteiger partial charge in [0.2, 0.25) is 0 Å². The second-order valence-electron chi connectivity index (χ2n) is 14.8. The number of carbonyl (C=O) groups is 3. The number of likely N-dealkylation sites (tertiary alicyclic amines) is 1. The second-order valence-corrected chi connectivity index (χ2v) is 16.7. The van der Waals surface area contributed by atoms with Gasteiger partial charge in [-0.15, -0.1) is 11.3 Å². The van der Waals surface area contributed by atoms with Crippen LogP contribution in [0.25, 0.3) is 20.5 Å². The van der Waals surface area contributed by atoms with Crippen molar-refractivity contribution in [2.75, 3.05) is 31.5 Å². The molecule has 1 unspecified atom stereocenters. The Bertz CT molecular complexity index is 2180. The molecule has 54 heavy (non-hydrogen) atoms. The molecule has 1 amide bonds. The molecule has 2 fully saturated rings. The number of piperidine rings is 1. The smallest absolute Gasteiger partial charge is 0.255 e. The van der Waals surface area contributed by atoms with Gasteiger partial charge in [0.15, 0.2) is 11.5 Å². The van der Waals surface area contributed by atoms with Crippen LogP contribution in [0.3, 0.4) is 0 Å². The third-order valence-electron chi connectivity index (χ3n) is 11.1. The van der Waals surface area contributed by atoms with Gasteiger partial charge in [-0.25, -0.2) is 0 Å². The van der Waals surface area contributed by atoms with Gasteiger partial charge in [0, 0.05) is 45.3 Å². The van der Waals surface area contributed by atoms with Crippen molar-refractivity contribution in [1.29, 1.82) is 0 Å². The van der Waals surface area contributed by atoms with Crippen LogP contribution in [-0.4, -0.2) is 64.6 Å². The van der Waals surface area contributed by atoms with Crippen molar-refractivity contribution >= 4 is 60.5 Å². The highest BCUT2D eigenvalue weighted by Crippen LogP contribution is 2.47. The molecule has 0 bridgehead atoms. The minimum absolute atomic E-state index is 0.0260. The van der Waals surface area contributed by atoms with Crippen LogP contribution in [0.15, 0.2) is 89.4 Å². The van der Waals surface area contributed by atoms with Crippen molar-refractivity contribution < 1.29 is 24.2 Å². The fourth-order valence-electron chi connectivity index (χ4n) is 8.13. The Morgan fingerprint density at radius 3 is 2.44 bits per heavy atom. The Labute approximate surface area is 328 Å². The molecule has 8 nitrogen and oxygen atoms in total. The van der Waals surface area contributed by atoms with Crippen LogP contribution in [0, 0.1) is 0 Å². The summed E-state index contributed by atoms with van der Waals surface area (Å²) in [6.07, 6.45) is 6.45. The molecule has 1 saturated carbocycles. The third kappa shape index (κ3) is 7.97. The lowest BCUT2D eigenvalue weighted by atomic mass is 9.89. The quantitative estimate of drug-likeness (QED) is 0.0957. The molecule has 8 rings (SSSR count). The van der Waals surface area contributed by atoms with E-state index in [1.54, 1.807) is 28.4 Å². The molecule has 0 spiro atoms. The number of benzene rings is 4. The zero-order chi connectivity index (χ0) is 37.2. The molecule has 5 aromatic rings. The van der Waals surface area contributed by atoms with Gasteiger partial charge in [0.1, 0.15) is 17.3 Å². The van der Waals surface area contributed by atoms with E-state index in [9.17, 15) is 19.5 Å². The van der Waals surface area contributed by atoms with Crippen molar-refractivity contribution in [3.63, 3.8) is 0 Å². The standard InChI is InChI=1S/C44H44BrN3O5S/c45-32-8-4-30(5-9-32)43-42(38-16-11-35(50)26-41(38)54-43)53-36-13-6-28(7-14-36)29-18-22-47(23-19-29)21-3-1-2-20-46-33-10-15-37-31(24-33)27-48(44(37)52)39-17-12-34(49)25-40(39)51/h4-11,13-16,24,26,29,39,46,50H,1-3,12,17-23,25,27H2. The molecule has 1 atom stereocenters. The Morgan fingerprint density at radius 2 is 1.67 bits per heavy atom. The average Bonchev–Trinajstić information content (AvgIpc) is 3.69. The van der Waals surface area contributed by atoms with Gasteiger partial charge in [-0.3, -0.25) is 14.4 Å². The van der Waals surface area contributed by atoms with Gasteiger partial charge in [-0.2, -0.15) is 0 Å². The number of amides is 1. The summed E-state index contributed by atoms with van der Waals surface area (Å²) in [6.45, 7) is 4.64. The van der Waals surface area contributed by atoms with Crippen LogP contribution in [0.4, 0.5) is 5.69 Å². The summed E-state index contributed by atoms with van der Waals surface area (Å²) < 4.78 is 8.58. The number of aromatic hydroxyl groups is 1. The molecule has 4 aromatic carbocycles. The highest BCUT2D eigenvalue weighted by Gasteiger charge is 2.39. The number of unbranched alkanes of at least 4 members (excludes halogenated alkanes) is 2. The summed E-state index contributed by atoms with van der Waals surface area (Å²) in [5.41, 5.74) is 5.06. The van der Waals surface area contributed by atoms with E-state index in [2.05, 4.69) is 62.5 Å². The SMILES string of the molecule is O=C1CCC(N2Cc3cc(NCCCCCN4CCC(c5ccc(Oc6c(-c7ccc(Br)cc7)sc7cc(O)ccc67)cc5)CC4)ccc3C2=O)C(=O)C1. The Balaban J connectivity index is 0.771. The first-order valence-corrected chi connectivity index (χ1v) is 20.6. The summed E-state index contributed by atoms with van der Waals surface area (Å²) in [4.78, 5) is 42.4. The molecule has 1 aliphatic carbocycles. The van der Waals surface area contributed by atoms with Crippen LogP contribution in [0.1, 0.15) is 78.8 Å². The van der Waals surface area contributed by atoms with Crippen LogP contribution in [0.5, 0.6) is 17.2 Å². The molecular formula is C44H44BrN3O5S. The zero-order valence-corrected chi connectivity index (χ0v) is 32.6. The largest absolute Gasteiger partial charge is 0.508 e. The van der Waals surface area contributed by atoms with Crippen molar-refractivity contribution in [2.24, 2.45) is 0 Å². The Hall–Kier alpha value is -4.51. The molecule has 278 valence electrons. The minimum Gasteiger partial charge on any atom is -0.508 e. The lowest BCUT2D eigenvalue weighted by Gasteiger charge is -2.32. The number of phenols is 1. The van der Waals surface area contributed by atoms with Crippen LogP contribution >= 0.6 is 27.3 Å². The molecular weight excluding hydrogens is 762 g/mol. The summed E-state index contributed by atoms with van der Waals surface area (Å²) in [7, 11) is 0. The van der Waals surface area contributed by atoms with Crippen molar-refractivity contribution in [3.8, 4) is 27.7 Å². The first-order chi connectivity index (χ1) is 26.3. The van der Waals surface area contributed by atoms with Crippen LogP contribution in [0.2, 0.25) is 0 Å². The van der Waals surface area contributed by atoms with E-state index < -0.39 is 6.04 Å². The average molecular weight is 807 g/mol. The molecule has 3 aliphatic rings. The maximum absolute atomic E-state index is 13.0. The molecule has 0 radical (unpaired) electrons. The van der Waals surface area contributed by atoms with E-state index >= 15 is 0 Å². The number of hydrogen-bond donors (Lipinski definition) is 2. The highest BCUT2D eigenvalue weighted by atomic mass is 79.9. The lowest BCUT2D eigenvalue weighted by Crippen LogP contribution is -2.44. The number of anilines is 1. The van der Waals surface area contributed by atoms with Gasteiger partial charge >= 0.3 is 0 Å². The number of Topliss-reactive ketones (excluding diaryl/α,β-unsaturated/α-hetero) is 2. The van der Waals surface area contributed by atoms with Crippen molar-refractivity contribution in [3.05, 3.63) is 106 Å². The number of ketones is 2. The zero-order valence-electron chi connectivity index (χ0n) is 30.2. The molecule has 1 aromatic heterocycles. The van der Waals surface area contributed by atoms with Gasteiger partial charge in [-0.1, -0.05) is 46.6 Å². The van der Waals surface area contributed by atoms with Crippen LogP contribution in [-0.2, 0) is 16.1 Å². The Morgan fingerprint density at radius 1 is 0.870 bits per heavy atom. The van der Waals surface area contributed by atoms with E-state index in [1.807, 2.05) is 36.4 Å². The number of halogens is 1. The minimum atomic E-state index is -0.480. The van der Waals surface area contributed by atoms with E-state index in [0.29, 0.717) is 30.9 Å². The summed E-state index contributed by atoms with van der Waals surface area (Å²) in [6, 6.07) is 27.7. The van der Waals surface area contributed by atoms with E-state index in [1.165, 1.54) is 12.0 Å². The first-order valence-electron chi connectivity index (χ1n) is 19.0. The van der Waals surface area contributed by atoms with Gasteiger partial charge in [0.05, 0.1) is 17.3 Å². The number of fused-ring (bicyclic) bond motifs is 2. The summed E-state index contributed by atoms with van der Waals surface area (Å²) >= 11 is 5.16. The molecule has 1 saturated heterocycles. The first kappa shape index (κ1) is 36.5. The topological polar surface area (TPSA) is 99.2 Å². The molecule has 2 aliphatic heterocycles. The van der Waals surface area contributed by atoms with Gasteiger partial charge in [0.25, 0.3) is 5.91 Å². The fraction of sp³-hybridized carbons (Fsp3) is 0.341. The van der Waals surface area contributed by atoms with Crippen LogP contribution < -0.4 is 10.1 Å². The number of nitrogens with zero attached hydrogens (tertiary/aromatic N) is 2. The van der Waals surface area contributed by atoms with E-state index in [0.717, 1.165) is 99.6 Å². The molecule has 3 heterocycles. The number of phenolic OH excluding ortho intramolecular Hbond substituents is 1. The maximum atomic E-state index is 13.0. The number of nitrogens with one attached hydrogen (secondary N) is 1. The number of hydrogen-bond acceptors (Lipinski definition) is 8. The normalized spacial score (nSPS) is 18.1. The van der Waals surface area contributed by atoms with Gasteiger partial charge in [-0.05, 0) is 135 Å². The number of thiophene rings is 1. The number of carbonyl (C=O) groups excluding carboxylic acids is 3. The molecule has 2 N–H and O–H groups in total. The number of rotatable bonds is 12. The van der Waals surface area contributed by atoms with E-state index in [4.69, 9.17) is 4.74 Å². The fourth-order valence-corrected chi connectivity index (χ4v) is 9.57. The summed E-state index contributed by atoms with van der Waals surface area (Å²) in [5, 5.41) is 14.6. The third-order valence-corrected chi connectivity index (χ3v) is 12.8. The lowest BCUT2D eigenvalue weighted by molar-refractivity contribution is -0.133. The molecule has 10 heteroatoms. The van der Waals surface area contributed by atoms with Crippen molar-refractivity contribution in [1.82, 2.24) is 9.80 Å². The predicted octanol–water partition coefficient (Wildman–Crippen LogP) is 9.94. The monoisotopic (exact) mass is 805 g/mol. The van der Waals surface area contributed by atoms with E-state index in [-0.39, 0.29) is 29.6 Å². The number of ether oxygens (including phenoxy) is 1. The second kappa shape index (κ2) is 16.1. The van der Waals surface area contributed by atoms with Gasteiger partial charge < -0.3 is 25.0 Å². The summed E-state index contributed by atoms with van der Waals surface area (Å²) in [5.74, 6) is 2.16. The van der Waals surface area contributed by atoms with Crippen molar-refractivity contribution in [2.45, 2.75) is 69.9 Å². The Kier molecular flexibility index (Phi) is 10.9.